The first kappa shape index (κ1) is 18.0. The number of phenols is 2. The van der Waals surface area contributed by atoms with Crippen LogP contribution in [0.5, 0.6) is 11.5 Å². The summed E-state index contributed by atoms with van der Waals surface area (Å²) in [6.07, 6.45) is 10.1. The van der Waals surface area contributed by atoms with Crippen molar-refractivity contribution < 1.29 is 15.0 Å². The minimum Gasteiger partial charge on any atom is -0.504 e. The molecule has 0 bridgehead atoms. The van der Waals surface area contributed by atoms with E-state index in [-0.39, 0.29) is 17.4 Å². The number of hydrogen-bond acceptors (Lipinski definition) is 4. The van der Waals surface area contributed by atoms with Gasteiger partial charge in [-0.1, -0.05) is 45.4 Å². The number of hydrazone groups is 1. The molecule has 0 fully saturated rings. The quantitative estimate of drug-likeness (QED) is 0.267. The molecule has 1 aromatic carbocycles. The zero-order chi connectivity index (χ0) is 16.2. The summed E-state index contributed by atoms with van der Waals surface area (Å²) in [5.41, 5.74) is 3.07. The van der Waals surface area contributed by atoms with Gasteiger partial charge in [0.25, 0.3) is 0 Å². The van der Waals surface area contributed by atoms with Crippen LogP contribution in [0.15, 0.2) is 23.3 Å². The van der Waals surface area contributed by atoms with Gasteiger partial charge in [-0.05, 0) is 30.2 Å². The van der Waals surface area contributed by atoms with Crippen LogP contribution in [0.2, 0.25) is 0 Å². The van der Waals surface area contributed by atoms with Gasteiger partial charge in [-0.2, -0.15) is 5.10 Å². The third kappa shape index (κ3) is 7.67. The Morgan fingerprint density at radius 2 is 1.77 bits per heavy atom. The van der Waals surface area contributed by atoms with Crippen molar-refractivity contribution in [3.8, 4) is 11.5 Å². The summed E-state index contributed by atoms with van der Waals surface area (Å²) in [5.74, 6) is -0.494. The largest absolute Gasteiger partial charge is 0.504 e. The fourth-order valence-corrected chi connectivity index (χ4v) is 2.10. The van der Waals surface area contributed by atoms with Crippen LogP contribution in [0.1, 0.15) is 63.9 Å². The molecule has 0 heterocycles. The lowest BCUT2D eigenvalue weighted by Crippen LogP contribution is -2.16. The molecule has 0 aromatic heterocycles. The van der Waals surface area contributed by atoms with Crippen molar-refractivity contribution in [2.75, 3.05) is 0 Å². The molecule has 0 saturated heterocycles. The Hall–Kier alpha value is -2.04. The molecular formula is C17H26N2O3. The van der Waals surface area contributed by atoms with E-state index < -0.39 is 0 Å². The lowest BCUT2D eigenvalue weighted by molar-refractivity contribution is -0.121. The number of nitrogens with one attached hydrogen (secondary N) is 1. The summed E-state index contributed by atoms with van der Waals surface area (Å²) in [6, 6.07) is 4.35. The summed E-state index contributed by atoms with van der Waals surface area (Å²) in [4.78, 5) is 11.6. The molecule has 5 nitrogen and oxygen atoms in total. The van der Waals surface area contributed by atoms with E-state index in [2.05, 4.69) is 17.5 Å². The number of amides is 1. The van der Waals surface area contributed by atoms with E-state index in [0.717, 1.165) is 12.8 Å². The number of aromatic hydroxyl groups is 2. The van der Waals surface area contributed by atoms with Gasteiger partial charge >= 0.3 is 0 Å². The Kier molecular flexibility index (Phi) is 8.72. The summed E-state index contributed by atoms with van der Waals surface area (Å²) >= 11 is 0. The molecule has 122 valence electrons. The molecule has 0 saturated carbocycles. The predicted octanol–water partition coefficient (Wildman–Crippen LogP) is 3.69. The van der Waals surface area contributed by atoms with Crippen LogP contribution in [0.3, 0.4) is 0 Å². The zero-order valence-corrected chi connectivity index (χ0v) is 13.2. The number of unbranched alkanes of at least 4 members (excludes halogenated alkanes) is 6. The SMILES string of the molecule is CCCCCCCCCC(=O)NN=Cc1ccc(O)c(O)c1. The van der Waals surface area contributed by atoms with Gasteiger partial charge in [0.1, 0.15) is 0 Å². The predicted molar refractivity (Wildman–Crippen MR) is 88.1 cm³/mol. The van der Waals surface area contributed by atoms with E-state index in [9.17, 15) is 15.0 Å². The minimum absolute atomic E-state index is 0.104. The maximum absolute atomic E-state index is 11.6. The number of benzene rings is 1. The molecule has 3 N–H and O–H groups in total. The van der Waals surface area contributed by atoms with Gasteiger partial charge in [-0.3, -0.25) is 4.79 Å². The van der Waals surface area contributed by atoms with E-state index >= 15 is 0 Å². The van der Waals surface area contributed by atoms with Crippen LogP contribution < -0.4 is 5.43 Å². The highest BCUT2D eigenvalue weighted by Gasteiger charge is 2.00. The van der Waals surface area contributed by atoms with Gasteiger partial charge in [0.2, 0.25) is 5.91 Å². The Bertz CT molecular complexity index is 487. The van der Waals surface area contributed by atoms with Gasteiger partial charge < -0.3 is 10.2 Å². The Morgan fingerprint density at radius 1 is 1.09 bits per heavy atom. The van der Waals surface area contributed by atoms with E-state index in [1.54, 1.807) is 6.07 Å². The average Bonchev–Trinajstić information content (AvgIpc) is 2.50. The number of nitrogens with zero attached hydrogens (tertiary/aromatic N) is 1. The summed E-state index contributed by atoms with van der Waals surface area (Å²) < 4.78 is 0. The van der Waals surface area contributed by atoms with Crippen LogP contribution in [-0.4, -0.2) is 22.3 Å². The van der Waals surface area contributed by atoms with Crippen LogP contribution in [0.25, 0.3) is 0 Å². The highest BCUT2D eigenvalue weighted by atomic mass is 16.3. The topological polar surface area (TPSA) is 81.9 Å². The molecule has 22 heavy (non-hydrogen) atoms. The van der Waals surface area contributed by atoms with Crippen molar-refractivity contribution in [2.24, 2.45) is 5.10 Å². The van der Waals surface area contributed by atoms with E-state index in [4.69, 9.17) is 0 Å². The fraction of sp³-hybridized carbons (Fsp3) is 0.529. The molecule has 5 heteroatoms. The second kappa shape index (κ2) is 10.7. The number of carbonyl (C=O) groups is 1. The number of hydrogen-bond donors (Lipinski definition) is 3. The summed E-state index contributed by atoms with van der Waals surface area (Å²) in [5, 5.41) is 22.3. The molecule has 0 atom stereocenters. The van der Waals surface area contributed by atoms with Gasteiger partial charge in [-0.25, -0.2) is 5.43 Å². The summed E-state index contributed by atoms with van der Waals surface area (Å²) in [6.45, 7) is 2.20. The number of rotatable bonds is 10. The Labute approximate surface area is 132 Å². The second-order valence-electron chi connectivity index (χ2n) is 5.41. The standard InChI is InChI=1S/C17H26N2O3/c1-2-3-4-5-6-7-8-9-17(22)19-18-13-14-10-11-15(20)16(21)12-14/h10-13,20-21H,2-9H2,1H3,(H,19,22). The van der Waals surface area contributed by atoms with Crippen LogP contribution >= 0.6 is 0 Å². The molecule has 0 spiro atoms. The normalized spacial score (nSPS) is 11.0. The Balaban J connectivity index is 2.14. The maximum atomic E-state index is 11.6. The van der Waals surface area contributed by atoms with Gasteiger partial charge in [0.15, 0.2) is 11.5 Å². The molecule has 1 aromatic rings. The van der Waals surface area contributed by atoms with Crippen molar-refractivity contribution >= 4 is 12.1 Å². The van der Waals surface area contributed by atoms with E-state index in [0.29, 0.717) is 12.0 Å². The number of phenolic OH excluding ortho intramolecular Hbond substituents is 2. The molecule has 1 rings (SSSR count). The molecule has 0 aliphatic heterocycles. The molecule has 0 aliphatic rings. The van der Waals surface area contributed by atoms with E-state index in [1.165, 1.54) is 50.5 Å². The van der Waals surface area contributed by atoms with Crippen molar-refractivity contribution in [3.05, 3.63) is 23.8 Å². The molecule has 0 aliphatic carbocycles. The summed E-state index contributed by atoms with van der Waals surface area (Å²) in [7, 11) is 0. The Morgan fingerprint density at radius 3 is 2.45 bits per heavy atom. The molecule has 0 unspecified atom stereocenters. The van der Waals surface area contributed by atoms with Gasteiger partial charge in [0.05, 0.1) is 6.21 Å². The van der Waals surface area contributed by atoms with Crippen molar-refractivity contribution in [2.45, 2.75) is 58.3 Å². The van der Waals surface area contributed by atoms with Crippen LogP contribution in [0.4, 0.5) is 0 Å². The van der Waals surface area contributed by atoms with Gasteiger partial charge in [-0.15, -0.1) is 0 Å². The fourth-order valence-electron chi connectivity index (χ4n) is 2.10. The lowest BCUT2D eigenvalue weighted by Gasteiger charge is -2.01. The first-order valence-corrected chi connectivity index (χ1v) is 7.97. The van der Waals surface area contributed by atoms with E-state index in [1.807, 2.05) is 0 Å². The van der Waals surface area contributed by atoms with Crippen molar-refractivity contribution in [1.29, 1.82) is 0 Å². The van der Waals surface area contributed by atoms with Crippen molar-refractivity contribution in [3.63, 3.8) is 0 Å². The first-order valence-electron chi connectivity index (χ1n) is 7.97. The number of carbonyl (C=O) groups excluding carboxylic acids is 1. The van der Waals surface area contributed by atoms with Gasteiger partial charge in [0, 0.05) is 6.42 Å². The maximum Gasteiger partial charge on any atom is 0.240 e. The van der Waals surface area contributed by atoms with Crippen LogP contribution in [-0.2, 0) is 4.79 Å². The molecule has 1 amide bonds. The monoisotopic (exact) mass is 306 g/mol. The molecular weight excluding hydrogens is 280 g/mol. The minimum atomic E-state index is -0.210. The van der Waals surface area contributed by atoms with Crippen molar-refractivity contribution in [1.82, 2.24) is 5.43 Å². The molecule has 0 radical (unpaired) electrons. The smallest absolute Gasteiger partial charge is 0.240 e. The lowest BCUT2D eigenvalue weighted by atomic mass is 10.1. The third-order valence-electron chi connectivity index (χ3n) is 3.41. The average molecular weight is 306 g/mol. The van der Waals surface area contributed by atoms with Crippen LogP contribution in [0, 0.1) is 0 Å². The second-order valence-corrected chi connectivity index (χ2v) is 5.41. The third-order valence-corrected chi connectivity index (χ3v) is 3.41. The highest BCUT2D eigenvalue weighted by Crippen LogP contribution is 2.23. The zero-order valence-electron chi connectivity index (χ0n) is 13.2. The first-order chi connectivity index (χ1) is 10.6. The highest BCUT2D eigenvalue weighted by molar-refractivity contribution is 5.83.